The van der Waals surface area contributed by atoms with Gasteiger partial charge in [0, 0.05) is 31.7 Å². The topological polar surface area (TPSA) is 61.9 Å². The molecule has 3 rings (SSSR count). The highest BCUT2D eigenvalue weighted by atomic mass is 19.4. The Morgan fingerprint density at radius 3 is 2.71 bits per heavy atom. The summed E-state index contributed by atoms with van der Waals surface area (Å²) in [6.07, 6.45) is -4.43. The van der Waals surface area contributed by atoms with E-state index in [0.717, 1.165) is 5.56 Å². The van der Waals surface area contributed by atoms with Crippen LogP contribution >= 0.6 is 0 Å². The van der Waals surface area contributed by atoms with E-state index in [1.807, 2.05) is 4.90 Å². The van der Waals surface area contributed by atoms with E-state index in [9.17, 15) is 22.4 Å². The lowest BCUT2D eigenvalue weighted by Crippen LogP contribution is -2.36. The Kier molecular flexibility index (Phi) is 4.12. The Morgan fingerprint density at radius 1 is 1.29 bits per heavy atom. The molecule has 0 radical (unpaired) electrons. The molecule has 0 bridgehead atoms. The molecule has 1 aliphatic heterocycles. The van der Waals surface area contributed by atoms with Gasteiger partial charge in [0.15, 0.2) is 0 Å². The maximum atomic E-state index is 13.0. The quantitative estimate of drug-likeness (QED) is 0.671. The molecule has 0 spiro atoms. The fraction of sp³-hybridized carbons (Fsp3) is 0.400. The fourth-order valence-electron chi connectivity index (χ4n) is 2.72. The molecule has 0 fully saturated rings. The molecule has 1 N–H and O–H groups in total. The van der Waals surface area contributed by atoms with E-state index in [1.54, 1.807) is 18.0 Å². The van der Waals surface area contributed by atoms with Gasteiger partial charge in [0.05, 0.1) is 11.3 Å². The molecular weight excluding hydrogens is 328 g/mol. The van der Waals surface area contributed by atoms with Gasteiger partial charge in [-0.15, -0.1) is 0 Å². The predicted molar refractivity (Wildman–Crippen MR) is 76.6 cm³/mol. The van der Waals surface area contributed by atoms with Gasteiger partial charge in [-0.05, 0) is 18.6 Å². The van der Waals surface area contributed by atoms with Crippen LogP contribution in [0.1, 0.15) is 28.3 Å². The average molecular weight is 342 g/mol. The van der Waals surface area contributed by atoms with Crippen LogP contribution in [-0.4, -0.2) is 26.4 Å². The Labute approximate surface area is 134 Å². The van der Waals surface area contributed by atoms with Gasteiger partial charge in [0.2, 0.25) is 11.8 Å². The number of rotatable bonds is 2. The third kappa shape index (κ3) is 3.30. The first kappa shape index (κ1) is 16.6. The summed E-state index contributed by atoms with van der Waals surface area (Å²) in [4.78, 5) is 22.9. The Bertz CT molecular complexity index is 831. The molecule has 3 heterocycles. The van der Waals surface area contributed by atoms with Crippen molar-refractivity contribution in [1.29, 1.82) is 0 Å². The lowest BCUT2D eigenvalue weighted by Gasteiger charge is -2.28. The zero-order chi connectivity index (χ0) is 17.5. The minimum absolute atomic E-state index is 0.177. The highest BCUT2D eigenvalue weighted by molar-refractivity contribution is 5.23. The molecule has 1 aliphatic rings. The van der Waals surface area contributed by atoms with Gasteiger partial charge in [-0.25, -0.2) is 9.97 Å². The number of H-pyrrole nitrogens is 1. The van der Waals surface area contributed by atoms with Gasteiger partial charge in [-0.3, -0.25) is 9.69 Å². The van der Waals surface area contributed by atoms with Crippen LogP contribution in [0.3, 0.4) is 0 Å². The molecule has 0 saturated carbocycles. The van der Waals surface area contributed by atoms with Crippen LogP contribution in [-0.2, 0) is 25.7 Å². The third-order valence-corrected chi connectivity index (χ3v) is 3.97. The predicted octanol–water partition coefficient (Wildman–Crippen LogP) is 2.19. The summed E-state index contributed by atoms with van der Waals surface area (Å²) < 4.78 is 51.1. The van der Waals surface area contributed by atoms with Gasteiger partial charge >= 0.3 is 6.18 Å². The number of pyridine rings is 1. The van der Waals surface area contributed by atoms with Crippen LogP contribution in [0.2, 0.25) is 0 Å². The molecule has 0 atom stereocenters. The van der Waals surface area contributed by atoms with Crippen molar-refractivity contribution < 1.29 is 17.6 Å². The van der Waals surface area contributed by atoms with Crippen molar-refractivity contribution in [2.45, 2.75) is 32.6 Å². The zero-order valence-corrected chi connectivity index (χ0v) is 12.7. The lowest BCUT2D eigenvalue weighted by molar-refractivity contribution is -0.145. The molecule has 0 aromatic carbocycles. The maximum Gasteiger partial charge on any atom is 0.449 e. The van der Waals surface area contributed by atoms with E-state index >= 15 is 0 Å². The summed E-state index contributed by atoms with van der Waals surface area (Å²) in [5.41, 5.74) is 0.987. The van der Waals surface area contributed by atoms with Crippen molar-refractivity contribution in [3.63, 3.8) is 0 Å². The normalized spacial score (nSPS) is 15.4. The Hall–Kier alpha value is -2.29. The van der Waals surface area contributed by atoms with Gasteiger partial charge < -0.3 is 4.98 Å². The van der Waals surface area contributed by atoms with Crippen LogP contribution < -0.4 is 5.56 Å². The number of hydrogen-bond donors (Lipinski definition) is 1. The number of nitrogens with one attached hydrogen (secondary N) is 1. The first-order valence-corrected chi connectivity index (χ1v) is 7.27. The number of aromatic amines is 1. The van der Waals surface area contributed by atoms with Crippen LogP contribution in [0.15, 0.2) is 16.9 Å². The van der Waals surface area contributed by atoms with Crippen molar-refractivity contribution in [1.82, 2.24) is 19.9 Å². The molecule has 0 amide bonds. The zero-order valence-electron chi connectivity index (χ0n) is 12.7. The summed E-state index contributed by atoms with van der Waals surface area (Å²) in [5.74, 6) is -1.83. The Morgan fingerprint density at radius 2 is 2.04 bits per heavy atom. The monoisotopic (exact) mass is 342 g/mol. The number of fused-ring (bicyclic) bond motifs is 1. The number of aromatic nitrogens is 3. The summed E-state index contributed by atoms with van der Waals surface area (Å²) >= 11 is 0. The molecule has 2 aromatic rings. The molecule has 9 heteroatoms. The summed E-state index contributed by atoms with van der Waals surface area (Å²) in [5, 5.41) is 0. The molecule has 0 saturated heterocycles. The van der Waals surface area contributed by atoms with E-state index in [2.05, 4.69) is 9.97 Å². The number of aryl methyl sites for hydroxylation is 1. The Balaban J connectivity index is 1.83. The first-order chi connectivity index (χ1) is 11.2. The number of nitrogens with zero attached hydrogens (tertiary/aromatic N) is 3. The average Bonchev–Trinajstić information content (AvgIpc) is 2.49. The second-order valence-corrected chi connectivity index (χ2v) is 5.68. The van der Waals surface area contributed by atoms with E-state index < -0.39 is 23.5 Å². The molecule has 0 unspecified atom stereocenters. The van der Waals surface area contributed by atoms with Gasteiger partial charge in [-0.2, -0.15) is 17.6 Å². The van der Waals surface area contributed by atoms with Crippen molar-refractivity contribution in [3.05, 3.63) is 56.8 Å². The van der Waals surface area contributed by atoms with E-state index in [0.29, 0.717) is 18.8 Å². The largest absolute Gasteiger partial charge is 0.449 e. The lowest BCUT2D eigenvalue weighted by atomic mass is 10.1. The summed E-state index contributed by atoms with van der Waals surface area (Å²) in [6, 6.07) is 2.87. The smallest absolute Gasteiger partial charge is 0.303 e. The number of hydrogen-bond acceptors (Lipinski definition) is 4. The molecule has 24 heavy (non-hydrogen) atoms. The molecular formula is C15H14F4N4O. The third-order valence-electron chi connectivity index (χ3n) is 3.97. The second kappa shape index (κ2) is 5.97. The van der Waals surface area contributed by atoms with Crippen molar-refractivity contribution in [2.75, 3.05) is 6.54 Å². The number of halogens is 4. The highest BCUT2D eigenvalue weighted by Crippen LogP contribution is 2.26. The van der Waals surface area contributed by atoms with Crippen LogP contribution in [0.25, 0.3) is 0 Å². The van der Waals surface area contributed by atoms with E-state index in [1.165, 1.54) is 6.07 Å². The maximum absolute atomic E-state index is 13.0. The van der Waals surface area contributed by atoms with E-state index in [-0.39, 0.29) is 24.2 Å². The van der Waals surface area contributed by atoms with Crippen LogP contribution in [0.4, 0.5) is 17.6 Å². The second-order valence-electron chi connectivity index (χ2n) is 5.68. The summed E-state index contributed by atoms with van der Waals surface area (Å²) in [6.45, 7) is 2.75. The minimum atomic E-state index is -4.68. The molecule has 5 nitrogen and oxygen atoms in total. The standard InChI is InChI=1S/C15H14F4N4O/c1-8-9(2-3-12(16)20-8)6-23-5-4-11-10(7-23)13(24)22-14(21-11)15(17,18)19/h2-3H,4-7H2,1H3,(H,21,22,24). The first-order valence-electron chi connectivity index (χ1n) is 7.27. The van der Waals surface area contributed by atoms with Crippen molar-refractivity contribution in [3.8, 4) is 0 Å². The van der Waals surface area contributed by atoms with Gasteiger partial charge in [0.1, 0.15) is 0 Å². The molecule has 2 aromatic heterocycles. The van der Waals surface area contributed by atoms with Gasteiger partial charge in [0.25, 0.3) is 5.56 Å². The SMILES string of the molecule is Cc1nc(F)ccc1CN1CCc2nc(C(F)(F)F)[nH]c(=O)c2C1. The minimum Gasteiger partial charge on any atom is -0.303 e. The van der Waals surface area contributed by atoms with E-state index in [4.69, 9.17) is 0 Å². The van der Waals surface area contributed by atoms with Crippen molar-refractivity contribution >= 4 is 0 Å². The molecule has 0 aliphatic carbocycles. The van der Waals surface area contributed by atoms with Crippen molar-refractivity contribution in [2.24, 2.45) is 0 Å². The van der Waals surface area contributed by atoms with Gasteiger partial charge in [-0.1, -0.05) is 6.07 Å². The number of alkyl halides is 3. The van der Waals surface area contributed by atoms with Crippen LogP contribution in [0, 0.1) is 12.9 Å². The fourth-order valence-corrected chi connectivity index (χ4v) is 2.72. The van der Waals surface area contributed by atoms with Crippen LogP contribution in [0.5, 0.6) is 0 Å². The summed E-state index contributed by atoms with van der Waals surface area (Å²) in [7, 11) is 0. The highest BCUT2D eigenvalue weighted by Gasteiger charge is 2.35. The molecule has 128 valence electrons.